The molecule has 4 heterocycles. The molecule has 0 aromatic carbocycles. The lowest BCUT2D eigenvalue weighted by atomic mass is 10.2. The molecule has 1 amide bonds. The van der Waals surface area contributed by atoms with Gasteiger partial charge in [0.05, 0.1) is 5.69 Å². The molecule has 0 unspecified atom stereocenters. The summed E-state index contributed by atoms with van der Waals surface area (Å²) < 4.78 is 1.87. The van der Waals surface area contributed by atoms with Crippen LogP contribution in [0.2, 0.25) is 0 Å². The summed E-state index contributed by atoms with van der Waals surface area (Å²) >= 11 is 0. The van der Waals surface area contributed by atoms with E-state index in [2.05, 4.69) is 19.9 Å². The average molecular weight is 379 g/mol. The van der Waals surface area contributed by atoms with Crippen LogP contribution in [0, 0.1) is 13.8 Å². The van der Waals surface area contributed by atoms with Crippen molar-refractivity contribution in [2.45, 2.75) is 13.8 Å². The zero-order valence-corrected chi connectivity index (χ0v) is 16.8. The Morgan fingerprint density at radius 1 is 1.04 bits per heavy atom. The van der Waals surface area contributed by atoms with Crippen LogP contribution >= 0.6 is 0 Å². The van der Waals surface area contributed by atoms with Crippen LogP contribution in [0.3, 0.4) is 0 Å². The molecule has 0 bridgehead atoms. The van der Waals surface area contributed by atoms with Gasteiger partial charge in [-0.3, -0.25) is 9.20 Å². The van der Waals surface area contributed by atoms with Gasteiger partial charge in [0.25, 0.3) is 5.91 Å². The van der Waals surface area contributed by atoms with Gasteiger partial charge in [0, 0.05) is 58.2 Å². The second-order valence-corrected chi connectivity index (χ2v) is 7.32. The summed E-state index contributed by atoms with van der Waals surface area (Å²) in [6.07, 6.45) is 1.89. The van der Waals surface area contributed by atoms with Crippen molar-refractivity contribution < 1.29 is 4.79 Å². The first-order valence-electron chi connectivity index (χ1n) is 9.45. The highest BCUT2D eigenvalue weighted by Gasteiger charge is 2.27. The molecule has 4 rings (SSSR count). The normalized spacial score (nSPS) is 14.6. The number of hydrogen-bond acceptors (Lipinski definition) is 6. The molecular weight excluding hydrogens is 354 g/mol. The molecule has 3 aromatic rings. The monoisotopic (exact) mass is 379 g/mol. The second-order valence-electron chi connectivity index (χ2n) is 7.32. The molecule has 1 aliphatic heterocycles. The maximum Gasteiger partial charge on any atom is 0.272 e. The zero-order chi connectivity index (χ0) is 19.8. The van der Waals surface area contributed by atoms with Gasteiger partial charge in [0.1, 0.15) is 17.2 Å². The van der Waals surface area contributed by atoms with Crippen LogP contribution in [0.1, 0.15) is 21.9 Å². The summed E-state index contributed by atoms with van der Waals surface area (Å²) in [5, 5.41) is 0. The lowest BCUT2D eigenvalue weighted by molar-refractivity contribution is 0.0738. The van der Waals surface area contributed by atoms with E-state index in [-0.39, 0.29) is 5.91 Å². The summed E-state index contributed by atoms with van der Waals surface area (Å²) in [4.78, 5) is 32.9. The second kappa shape index (κ2) is 7.10. The quantitative estimate of drug-likeness (QED) is 0.691. The van der Waals surface area contributed by atoms with Gasteiger partial charge in [-0.1, -0.05) is 6.07 Å². The molecule has 1 saturated heterocycles. The number of nitrogens with zero attached hydrogens (tertiary/aromatic N) is 7. The van der Waals surface area contributed by atoms with Crippen LogP contribution in [-0.2, 0) is 0 Å². The number of aromatic nitrogens is 4. The molecular formula is C20H25N7O. The summed E-state index contributed by atoms with van der Waals surface area (Å²) in [6.45, 7) is 6.54. The number of hydrogen-bond donors (Lipinski definition) is 0. The molecule has 1 aliphatic rings. The molecule has 1 fully saturated rings. The van der Waals surface area contributed by atoms with Crippen LogP contribution in [-0.4, -0.2) is 70.4 Å². The molecule has 0 N–H and O–H groups in total. The minimum atomic E-state index is 0.0231. The Kier molecular flexibility index (Phi) is 4.62. The van der Waals surface area contributed by atoms with E-state index in [4.69, 9.17) is 0 Å². The van der Waals surface area contributed by atoms with E-state index in [1.54, 1.807) is 0 Å². The molecule has 8 heteroatoms. The summed E-state index contributed by atoms with van der Waals surface area (Å²) in [5.41, 5.74) is 3.14. The Morgan fingerprint density at radius 2 is 1.79 bits per heavy atom. The zero-order valence-electron chi connectivity index (χ0n) is 16.8. The van der Waals surface area contributed by atoms with Gasteiger partial charge in [-0.05, 0) is 26.0 Å². The maximum atomic E-state index is 13.1. The van der Waals surface area contributed by atoms with Crippen molar-refractivity contribution in [1.29, 1.82) is 0 Å². The Labute approximate surface area is 164 Å². The Balaban J connectivity index is 1.51. The number of imidazole rings is 1. The third-order valence-electron chi connectivity index (χ3n) is 5.04. The number of amides is 1. The van der Waals surface area contributed by atoms with Crippen molar-refractivity contribution in [2.75, 3.05) is 50.1 Å². The predicted octanol–water partition coefficient (Wildman–Crippen LogP) is 1.77. The molecule has 0 radical (unpaired) electrons. The van der Waals surface area contributed by atoms with Crippen molar-refractivity contribution in [1.82, 2.24) is 24.3 Å². The highest BCUT2D eigenvalue weighted by molar-refractivity contribution is 5.94. The number of piperazine rings is 1. The van der Waals surface area contributed by atoms with Crippen molar-refractivity contribution in [3.05, 3.63) is 47.5 Å². The predicted molar refractivity (Wildman–Crippen MR) is 109 cm³/mol. The van der Waals surface area contributed by atoms with Crippen LogP contribution in [0.4, 0.5) is 11.8 Å². The van der Waals surface area contributed by atoms with E-state index < -0.39 is 0 Å². The van der Waals surface area contributed by atoms with E-state index in [1.807, 2.05) is 72.6 Å². The lowest BCUT2D eigenvalue weighted by Gasteiger charge is -2.35. The fraction of sp³-hybridized carbons (Fsp3) is 0.400. The molecule has 28 heavy (non-hydrogen) atoms. The van der Waals surface area contributed by atoms with Crippen LogP contribution in [0.15, 0.2) is 30.5 Å². The first kappa shape index (κ1) is 18.2. The molecule has 0 atom stereocenters. The SMILES string of the molecule is Cc1cc(N(C)C)nc(N2CCN(C(=O)c3c(C)nc4ccccn34)CC2)n1. The number of fused-ring (bicyclic) bond motifs is 1. The maximum absolute atomic E-state index is 13.1. The van der Waals surface area contributed by atoms with Gasteiger partial charge >= 0.3 is 0 Å². The molecule has 8 nitrogen and oxygen atoms in total. The Bertz CT molecular complexity index is 1020. The number of pyridine rings is 1. The third kappa shape index (κ3) is 3.26. The summed E-state index contributed by atoms with van der Waals surface area (Å²) in [6, 6.07) is 7.73. The Hall–Kier alpha value is -3.16. The van der Waals surface area contributed by atoms with Gasteiger partial charge in [0.2, 0.25) is 5.95 Å². The number of aryl methyl sites for hydroxylation is 2. The van der Waals surface area contributed by atoms with E-state index in [0.717, 1.165) is 28.8 Å². The minimum Gasteiger partial charge on any atom is -0.363 e. The van der Waals surface area contributed by atoms with Crippen molar-refractivity contribution >= 4 is 23.3 Å². The van der Waals surface area contributed by atoms with Gasteiger partial charge in [-0.2, -0.15) is 4.98 Å². The highest BCUT2D eigenvalue weighted by atomic mass is 16.2. The smallest absolute Gasteiger partial charge is 0.272 e. The third-order valence-corrected chi connectivity index (χ3v) is 5.04. The molecule has 0 saturated carbocycles. The fourth-order valence-corrected chi connectivity index (χ4v) is 3.54. The number of rotatable bonds is 3. The van der Waals surface area contributed by atoms with Crippen LogP contribution < -0.4 is 9.80 Å². The number of anilines is 2. The van der Waals surface area contributed by atoms with Crippen LogP contribution in [0.25, 0.3) is 5.65 Å². The van der Waals surface area contributed by atoms with Crippen molar-refractivity contribution in [2.24, 2.45) is 0 Å². The lowest BCUT2D eigenvalue weighted by Crippen LogP contribution is -2.49. The molecule has 0 spiro atoms. The average Bonchev–Trinajstić information content (AvgIpc) is 3.02. The summed E-state index contributed by atoms with van der Waals surface area (Å²) in [7, 11) is 3.95. The number of carbonyl (C=O) groups excluding carboxylic acids is 1. The van der Waals surface area contributed by atoms with E-state index >= 15 is 0 Å². The van der Waals surface area contributed by atoms with Crippen LogP contribution in [0.5, 0.6) is 0 Å². The fourth-order valence-electron chi connectivity index (χ4n) is 3.54. The Morgan fingerprint density at radius 3 is 2.50 bits per heavy atom. The summed E-state index contributed by atoms with van der Waals surface area (Å²) in [5.74, 6) is 1.64. The largest absolute Gasteiger partial charge is 0.363 e. The van der Waals surface area contributed by atoms with Gasteiger partial charge < -0.3 is 14.7 Å². The van der Waals surface area contributed by atoms with Crippen molar-refractivity contribution in [3.8, 4) is 0 Å². The van der Waals surface area contributed by atoms with Gasteiger partial charge in [-0.25, -0.2) is 9.97 Å². The molecule has 146 valence electrons. The first-order chi connectivity index (χ1) is 13.4. The first-order valence-corrected chi connectivity index (χ1v) is 9.45. The van der Waals surface area contributed by atoms with E-state index in [9.17, 15) is 4.79 Å². The van der Waals surface area contributed by atoms with Gasteiger partial charge in [0.15, 0.2) is 0 Å². The topological polar surface area (TPSA) is 69.9 Å². The highest BCUT2D eigenvalue weighted by Crippen LogP contribution is 2.19. The standard InChI is InChI=1S/C20H25N7O/c1-14-13-17(24(3)4)23-20(21-14)26-11-9-25(10-12-26)19(28)18-15(2)22-16-7-5-6-8-27(16)18/h5-8,13H,9-12H2,1-4H3. The van der Waals surface area contributed by atoms with E-state index in [1.165, 1.54) is 0 Å². The van der Waals surface area contributed by atoms with Gasteiger partial charge in [-0.15, -0.1) is 0 Å². The minimum absolute atomic E-state index is 0.0231. The van der Waals surface area contributed by atoms with Crippen molar-refractivity contribution in [3.63, 3.8) is 0 Å². The number of carbonyl (C=O) groups is 1. The van der Waals surface area contributed by atoms with E-state index in [0.29, 0.717) is 31.9 Å². The molecule has 3 aromatic heterocycles. The molecule has 0 aliphatic carbocycles.